The maximum Gasteiger partial charge on any atom is 0.228 e. The Morgan fingerprint density at radius 3 is 2.94 bits per heavy atom. The van der Waals surface area contributed by atoms with Crippen LogP contribution in [0.15, 0.2) is 4.52 Å². The molecule has 1 aromatic heterocycles. The van der Waals surface area contributed by atoms with Crippen molar-refractivity contribution in [3.05, 3.63) is 11.7 Å². The number of nitrogens with one attached hydrogen (secondary N) is 2. The lowest BCUT2D eigenvalue weighted by Crippen LogP contribution is -2.41. The number of aryl methyl sites for hydroxylation is 1. The molecule has 1 fully saturated rings. The molecule has 1 aliphatic rings. The van der Waals surface area contributed by atoms with E-state index < -0.39 is 0 Å². The number of hydrogen-bond donors (Lipinski definition) is 2. The largest absolute Gasteiger partial charge is 0.355 e. The van der Waals surface area contributed by atoms with Crippen molar-refractivity contribution in [1.29, 1.82) is 0 Å². The average molecular weight is 275 g/mol. The molecule has 2 rings (SSSR count). The first-order chi connectivity index (χ1) is 8.10. The van der Waals surface area contributed by atoms with Crippen molar-refractivity contribution >= 4 is 18.3 Å². The number of hydrogen-bond acceptors (Lipinski definition) is 5. The molecule has 102 valence electrons. The van der Waals surface area contributed by atoms with Gasteiger partial charge in [-0.2, -0.15) is 4.98 Å². The summed E-state index contributed by atoms with van der Waals surface area (Å²) >= 11 is 0. The van der Waals surface area contributed by atoms with Crippen LogP contribution in [0.4, 0.5) is 0 Å². The van der Waals surface area contributed by atoms with Crippen molar-refractivity contribution in [2.24, 2.45) is 5.41 Å². The van der Waals surface area contributed by atoms with Crippen LogP contribution in [0.2, 0.25) is 0 Å². The van der Waals surface area contributed by atoms with Crippen LogP contribution in [-0.4, -0.2) is 35.7 Å². The van der Waals surface area contributed by atoms with Gasteiger partial charge in [0, 0.05) is 19.5 Å². The fraction of sp³-hybridized carbons (Fsp3) is 0.727. The summed E-state index contributed by atoms with van der Waals surface area (Å²) in [4.78, 5) is 16.0. The fourth-order valence-corrected chi connectivity index (χ4v) is 1.95. The Hall–Kier alpha value is -1.14. The van der Waals surface area contributed by atoms with Crippen molar-refractivity contribution < 1.29 is 9.32 Å². The van der Waals surface area contributed by atoms with Gasteiger partial charge in [0.05, 0.1) is 5.41 Å². The van der Waals surface area contributed by atoms with Gasteiger partial charge in [-0.15, -0.1) is 12.4 Å². The third-order valence-electron chi connectivity index (χ3n) is 3.11. The summed E-state index contributed by atoms with van der Waals surface area (Å²) in [5.41, 5.74) is -0.273. The smallest absolute Gasteiger partial charge is 0.228 e. The Morgan fingerprint density at radius 1 is 1.61 bits per heavy atom. The van der Waals surface area contributed by atoms with E-state index in [9.17, 15) is 4.79 Å². The first-order valence-corrected chi connectivity index (χ1v) is 5.88. The number of rotatable bonds is 4. The molecule has 1 saturated heterocycles. The summed E-state index contributed by atoms with van der Waals surface area (Å²) in [6, 6.07) is 0. The van der Waals surface area contributed by atoms with Gasteiger partial charge in [-0.25, -0.2) is 0 Å². The van der Waals surface area contributed by atoms with E-state index in [1.165, 1.54) is 0 Å². The van der Waals surface area contributed by atoms with Crippen LogP contribution in [0.25, 0.3) is 0 Å². The van der Waals surface area contributed by atoms with E-state index in [2.05, 4.69) is 20.8 Å². The molecule has 0 bridgehead atoms. The Morgan fingerprint density at radius 2 is 2.39 bits per heavy atom. The monoisotopic (exact) mass is 274 g/mol. The average Bonchev–Trinajstić information content (AvgIpc) is 2.89. The molecule has 0 saturated carbocycles. The predicted molar refractivity (Wildman–Crippen MR) is 68.6 cm³/mol. The molecule has 1 amide bonds. The molecular formula is C11H19ClN4O2. The van der Waals surface area contributed by atoms with Gasteiger partial charge in [0.15, 0.2) is 5.82 Å². The van der Waals surface area contributed by atoms with Gasteiger partial charge < -0.3 is 15.2 Å². The van der Waals surface area contributed by atoms with Crippen molar-refractivity contribution in [2.45, 2.75) is 26.7 Å². The predicted octanol–water partition coefficient (Wildman–Crippen LogP) is 0.458. The molecule has 0 radical (unpaired) electrons. The standard InChI is InChI=1S/C11H18N4O2.ClH/c1-8-14-9(17-15-8)3-5-13-10(16)11(2)4-6-12-7-11;/h12H,3-7H2,1-2H3,(H,13,16);1H. The maximum absolute atomic E-state index is 11.9. The lowest BCUT2D eigenvalue weighted by molar-refractivity contribution is -0.129. The molecule has 0 spiro atoms. The Kier molecular flexibility index (Phi) is 5.10. The van der Waals surface area contributed by atoms with Gasteiger partial charge in [0.1, 0.15) is 0 Å². The van der Waals surface area contributed by atoms with Crippen LogP contribution >= 0.6 is 12.4 Å². The third kappa shape index (κ3) is 3.43. The Labute approximate surface area is 112 Å². The summed E-state index contributed by atoms with van der Waals surface area (Å²) in [6.07, 6.45) is 1.47. The van der Waals surface area contributed by atoms with Crippen LogP contribution in [0.1, 0.15) is 25.1 Å². The highest BCUT2D eigenvalue weighted by Crippen LogP contribution is 2.24. The van der Waals surface area contributed by atoms with Crippen LogP contribution in [0, 0.1) is 12.3 Å². The molecule has 1 unspecified atom stereocenters. The van der Waals surface area contributed by atoms with E-state index in [1.54, 1.807) is 6.92 Å². The molecule has 1 aromatic rings. The second kappa shape index (κ2) is 6.15. The second-order valence-corrected chi connectivity index (χ2v) is 4.73. The van der Waals surface area contributed by atoms with E-state index in [4.69, 9.17) is 4.52 Å². The molecule has 0 aromatic carbocycles. The number of nitrogens with zero attached hydrogens (tertiary/aromatic N) is 2. The topological polar surface area (TPSA) is 80.0 Å². The first kappa shape index (κ1) is 14.9. The number of aromatic nitrogens is 2. The highest BCUT2D eigenvalue weighted by molar-refractivity contribution is 5.85. The summed E-state index contributed by atoms with van der Waals surface area (Å²) in [5.74, 6) is 1.29. The molecule has 1 atom stereocenters. The minimum atomic E-state index is -0.273. The highest BCUT2D eigenvalue weighted by atomic mass is 35.5. The zero-order valence-electron chi connectivity index (χ0n) is 10.7. The third-order valence-corrected chi connectivity index (χ3v) is 3.11. The van der Waals surface area contributed by atoms with Crippen molar-refractivity contribution in [3.8, 4) is 0 Å². The van der Waals surface area contributed by atoms with Crippen LogP contribution in [0.5, 0.6) is 0 Å². The highest BCUT2D eigenvalue weighted by Gasteiger charge is 2.35. The maximum atomic E-state index is 11.9. The number of carbonyl (C=O) groups excluding carboxylic acids is 1. The Balaban J connectivity index is 0.00000162. The molecule has 7 heteroatoms. The summed E-state index contributed by atoms with van der Waals surface area (Å²) < 4.78 is 4.97. The van der Waals surface area contributed by atoms with E-state index in [0.717, 1.165) is 19.5 Å². The van der Waals surface area contributed by atoms with Crippen molar-refractivity contribution in [3.63, 3.8) is 0 Å². The molecule has 1 aliphatic heterocycles. The van der Waals surface area contributed by atoms with Crippen LogP contribution in [-0.2, 0) is 11.2 Å². The lowest BCUT2D eigenvalue weighted by atomic mass is 9.89. The lowest BCUT2D eigenvalue weighted by Gasteiger charge is -2.21. The van der Waals surface area contributed by atoms with Gasteiger partial charge in [-0.05, 0) is 26.8 Å². The second-order valence-electron chi connectivity index (χ2n) is 4.73. The van der Waals surface area contributed by atoms with Gasteiger partial charge in [-0.3, -0.25) is 4.79 Å². The number of halogens is 1. The quantitative estimate of drug-likeness (QED) is 0.834. The van der Waals surface area contributed by atoms with Crippen LogP contribution < -0.4 is 10.6 Å². The summed E-state index contributed by atoms with van der Waals surface area (Å²) in [5, 5.41) is 9.82. The molecule has 2 N–H and O–H groups in total. The minimum Gasteiger partial charge on any atom is -0.355 e. The number of carbonyl (C=O) groups is 1. The fourth-order valence-electron chi connectivity index (χ4n) is 1.95. The Bertz CT molecular complexity index is 402. The molecule has 6 nitrogen and oxygen atoms in total. The van der Waals surface area contributed by atoms with Gasteiger partial charge >= 0.3 is 0 Å². The molecular weight excluding hydrogens is 256 g/mol. The minimum absolute atomic E-state index is 0. The van der Waals surface area contributed by atoms with E-state index in [0.29, 0.717) is 24.7 Å². The van der Waals surface area contributed by atoms with Gasteiger partial charge in [0.25, 0.3) is 0 Å². The normalized spacial score (nSPS) is 22.6. The SMILES string of the molecule is Cc1noc(CCNC(=O)C2(C)CCNC2)n1.Cl. The van der Waals surface area contributed by atoms with Crippen molar-refractivity contribution in [1.82, 2.24) is 20.8 Å². The molecule has 2 heterocycles. The molecule has 0 aliphatic carbocycles. The van der Waals surface area contributed by atoms with Crippen molar-refractivity contribution in [2.75, 3.05) is 19.6 Å². The number of amides is 1. The van der Waals surface area contributed by atoms with Gasteiger partial charge in [0.2, 0.25) is 11.8 Å². The molecule has 18 heavy (non-hydrogen) atoms. The van der Waals surface area contributed by atoms with E-state index >= 15 is 0 Å². The van der Waals surface area contributed by atoms with E-state index in [1.807, 2.05) is 6.92 Å². The van der Waals surface area contributed by atoms with E-state index in [-0.39, 0.29) is 23.7 Å². The first-order valence-electron chi connectivity index (χ1n) is 5.88. The zero-order chi connectivity index (χ0) is 12.3. The summed E-state index contributed by atoms with van der Waals surface area (Å²) in [7, 11) is 0. The zero-order valence-corrected chi connectivity index (χ0v) is 11.5. The van der Waals surface area contributed by atoms with Gasteiger partial charge in [-0.1, -0.05) is 5.16 Å². The summed E-state index contributed by atoms with van der Waals surface area (Å²) in [6.45, 7) is 5.96. The van der Waals surface area contributed by atoms with Crippen LogP contribution in [0.3, 0.4) is 0 Å².